The Kier molecular flexibility index (Phi) is 28.1. The van der Waals surface area contributed by atoms with Crippen molar-refractivity contribution in [2.24, 2.45) is 0 Å². The first-order valence-electron chi connectivity index (χ1n) is 2.21. The summed E-state index contributed by atoms with van der Waals surface area (Å²) in [7, 11) is 0. The second kappa shape index (κ2) is 15.7. The number of aliphatic hydroxyl groups excluding tert-OH is 2. The molecule has 0 fully saturated rings. The summed E-state index contributed by atoms with van der Waals surface area (Å²) in [5.41, 5.74) is 0. The van der Waals surface area contributed by atoms with Crippen molar-refractivity contribution in [2.45, 2.75) is 0 Å². The Morgan fingerprint density at radius 2 is 1.22 bits per heavy atom. The number of aliphatic hydroxyl groups is 2. The third kappa shape index (κ3) is 17.9. The van der Waals surface area contributed by atoms with Crippen molar-refractivity contribution < 1.29 is 10.2 Å². The molecule has 9 heavy (non-hydrogen) atoms. The summed E-state index contributed by atoms with van der Waals surface area (Å²) < 4.78 is 0. The number of rotatable bonds is 4. The highest BCUT2D eigenvalue weighted by molar-refractivity contribution is 7.99. The lowest BCUT2D eigenvalue weighted by Crippen LogP contribution is -1.91. The Hall–Kier alpha value is 0.190. The lowest BCUT2D eigenvalue weighted by molar-refractivity contribution is 0.318. The molecule has 0 unspecified atom stereocenters. The SMILES string of the molecule is N.N.OCCSCCO. The van der Waals surface area contributed by atoms with Gasteiger partial charge in [-0.25, -0.2) is 0 Å². The minimum absolute atomic E-state index is 0. The second-order valence-electron chi connectivity index (χ2n) is 1.06. The van der Waals surface area contributed by atoms with E-state index >= 15 is 0 Å². The van der Waals surface area contributed by atoms with Crippen LogP contribution >= 0.6 is 11.8 Å². The minimum atomic E-state index is 0. The topological polar surface area (TPSA) is 110 Å². The van der Waals surface area contributed by atoms with Crippen LogP contribution in [0.3, 0.4) is 0 Å². The van der Waals surface area contributed by atoms with E-state index in [4.69, 9.17) is 10.2 Å². The molecule has 0 radical (unpaired) electrons. The van der Waals surface area contributed by atoms with E-state index in [0.717, 1.165) is 11.5 Å². The largest absolute Gasteiger partial charge is 0.396 e. The molecule has 0 bridgehead atoms. The van der Waals surface area contributed by atoms with Gasteiger partial charge >= 0.3 is 0 Å². The number of hydrogen-bond donors (Lipinski definition) is 4. The summed E-state index contributed by atoms with van der Waals surface area (Å²) in [6, 6.07) is 0. The fraction of sp³-hybridized carbons (Fsp3) is 1.00. The molecule has 0 aromatic rings. The fourth-order valence-corrected chi connectivity index (χ4v) is 0.693. The molecule has 0 amide bonds. The summed E-state index contributed by atoms with van der Waals surface area (Å²) >= 11 is 1.55. The van der Waals surface area contributed by atoms with Crippen molar-refractivity contribution in [3.05, 3.63) is 0 Å². The fourth-order valence-electron chi connectivity index (χ4n) is 0.231. The van der Waals surface area contributed by atoms with Gasteiger partial charge in [-0.05, 0) is 0 Å². The van der Waals surface area contributed by atoms with Crippen LogP contribution in [0, 0.1) is 0 Å². The quantitative estimate of drug-likeness (QED) is 0.429. The molecular formula is C4H16N2O2S. The molecule has 0 saturated heterocycles. The highest BCUT2D eigenvalue weighted by Gasteiger charge is 1.81. The predicted octanol–water partition coefficient (Wildman–Crippen LogP) is 0.0282. The molecule has 0 heterocycles. The van der Waals surface area contributed by atoms with Gasteiger partial charge in [0.1, 0.15) is 0 Å². The van der Waals surface area contributed by atoms with Crippen molar-refractivity contribution in [3.8, 4) is 0 Å². The van der Waals surface area contributed by atoms with Crippen LogP contribution in [0.5, 0.6) is 0 Å². The van der Waals surface area contributed by atoms with Gasteiger partial charge in [0.15, 0.2) is 0 Å². The molecule has 0 atom stereocenters. The first-order chi connectivity index (χ1) is 3.41. The van der Waals surface area contributed by atoms with Gasteiger partial charge in [-0.3, -0.25) is 0 Å². The maximum Gasteiger partial charge on any atom is 0.0521 e. The standard InChI is InChI=1S/C4H10O2S.2H3N/c5-1-3-7-4-2-6;;/h5-6H,1-4H2;2*1H3. The maximum absolute atomic E-state index is 8.19. The van der Waals surface area contributed by atoms with E-state index in [0.29, 0.717) is 0 Å². The molecule has 0 spiro atoms. The minimum Gasteiger partial charge on any atom is -0.396 e. The molecule has 4 nitrogen and oxygen atoms in total. The Balaban J connectivity index is -0.000000180. The summed E-state index contributed by atoms with van der Waals surface area (Å²) in [6.07, 6.45) is 0. The van der Waals surface area contributed by atoms with Crippen LogP contribution in [0.25, 0.3) is 0 Å². The van der Waals surface area contributed by atoms with Crippen LogP contribution in [-0.4, -0.2) is 34.9 Å². The van der Waals surface area contributed by atoms with Crippen LogP contribution in [0.2, 0.25) is 0 Å². The van der Waals surface area contributed by atoms with E-state index in [9.17, 15) is 0 Å². The average Bonchev–Trinajstić information content (AvgIpc) is 1.69. The van der Waals surface area contributed by atoms with E-state index in [1.165, 1.54) is 0 Å². The molecule has 0 rings (SSSR count). The lowest BCUT2D eigenvalue weighted by atomic mass is 10.9. The van der Waals surface area contributed by atoms with Gasteiger partial charge < -0.3 is 22.5 Å². The first kappa shape index (κ1) is 16.1. The van der Waals surface area contributed by atoms with Crippen LogP contribution < -0.4 is 12.3 Å². The molecule has 0 aliphatic heterocycles. The van der Waals surface area contributed by atoms with Gasteiger partial charge in [-0.15, -0.1) is 0 Å². The summed E-state index contributed by atoms with van der Waals surface area (Å²) in [5, 5.41) is 16.4. The van der Waals surface area contributed by atoms with Crippen LogP contribution in [0.1, 0.15) is 0 Å². The van der Waals surface area contributed by atoms with Crippen molar-refractivity contribution in [2.75, 3.05) is 24.7 Å². The highest BCUT2D eigenvalue weighted by atomic mass is 32.2. The van der Waals surface area contributed by atoms with Gasteiger partial charge in [-0.1, -0.05) is 0 Å². The van der Waals surface area contributed by atoms with Gasteiger partial charge in [0, 0.05) is 11.5 Å². The smallest absolute Gasteiger partial charge is 0.0521 e. The molecule has 0 saturated carbocycles. The van der Waals surface area contributed by atoms with E-state index < -0.39 is 0 Å². The third-order valence-electron chi connectivity index (χ3n) is 0.471. The first-order valence-corrected chi connectivity index (χ1v) is 3.36. The number of hydrogen-bond acceptors (Lipinski definition) is 5. The van der Waals surface area contributed by atoms with E-state index in [2.05, 4.69) is 0 Å². The highest BCUT2D eigenvalue weighted by Crippen LogP contribution is 1.94. The molecule has 60 valence electrons. The lowest BCUT2D eigenvalue weighted by Gasteiger charge is -1.90. The monoisotopic (exact) mass is 156 g/mol. The van der Waals surface area contributed by atoms with Crippen LogP contribution in [0.15, 0.2) is 0 Å². The van der Waals surface area contributed by atoms with Gasteiger partial charge in [0.05, 0.1) is 13.2 Å². The number of thioether (sulfide) groups is 1. The Morgan fingerprint density at radius 1 is 0.889 bits per heavy atom. The van der Waals surface area contributed by atoms with E-state index in [1.807, 2.05) is 0 Å². The normalized spacial score (nSPS) is 7.33. The van der Waals surface area contributed by atoms with Crippen molar-refractivity contribution >= 4 is 11.8 Å². The Bertz CT molecular complexity index is 35.7. The molecule has 5 heteroatoms. The predicted molar refractivity (Wildman–Crippen MR) is 41.5 cm³/mol. The zero-order valence-electron chi connectivity index (χ0n) is 5.55. The summed E-state index contributed by atoms with van der Waals surface area (Å²) in [5.74, 6) is 1.47. The van der Waals surface area contributed by atoms with Crippen molar-refractivity contribution in [1.29, 1.82) is 0 Å². The Morgan fingerprint density at radius 3 is 1.44 bits per heavy atom. The molecular weight excluding hydrogens is 140 g/mol. The van der Waals surface area contributed by atoms with Crippen LogP contribution in [0.4, 0.5) is 0 Å². The molecule has 0 aromatic carbocycles. The summed E-state index contributed by atoms with van der Waals surface area (Å²) in [6.45, 7) is 0.426. The van der Waals surface area contributed by atoms with Gasteiger partial charge in [-0.2, -0.15) is 11.8 Å². The zero-order chi connectivity index (χ0) is 5.54. The second-order valence-corrected chi connectivity index (χ2v) is 2.28. The van der Waals surface area contributed by atoms with Gasteiger partial charge in [0.25, 0.3) is 0 Å². The van der Waals surface area contributed by atoms with Crippen LogP contribution in [-0.2, 0) is 0 Å². The molecule has 8 N–H and O–H groups in total. The maximum atomic E-state index is 8.19. The Labute approximate surface area is 59.8 Å². The zero-order valence-corrected chi connectivity index (χ0v) is 6.36. The summed E-state index contributed by atoms with van der Waals surface area (Å²) in [4.78, 5) is 0. The molecule has 0 aliphatic rings. The van der Waals surface area contributed by atoms with Gasteiger partial charge in [0.2, 0.25) is 0 Å². The van der Waals surface area contributed by atoms with E-state index in [-0.39, 0.29) is 25.5 Å². The van der Waals surface area contributed by atoms with Crippen molar-refractivity contribution in [1.82, 2.24) is 12.3 Å². The third-order valence-corrected chi connectivity index (χ3v) is 1.41. The van der Waals surface area contributed by atoms with Crippen molar-refractivity contribution in [3.63, 3.8) is 0 Å². The average molecular weight is 156 g/mol. The molecule has 0 aromatic heterocycles. The van der Waals surface area contributed by atoms with E-state index in [1.54, 1.807) is 11.8 Å². The molecule has 0 aliphatic carbocycles.